The quantitative estimate of drug-likeness (QED) is 0.343. The van der Waals surface area contributed by atoms with Gasteiger partial charge in [-0.3, -0.25) is 0 Å². The van der Waals surface area contributed by atoms with Crippen molar-refractivity contribution in [1.29, 1.82) is 0 Å². The summed E-state index contributed by atoms with van der Waals surface area (Å²) in [6, 6.07) is 6.44. The molecule has 0 aliphatic carbocycles. The molecule has 0 radical (unpaired) electrons. The van der Waals surface area contributed by atoms with E-state index >= 15 is 0 Å². The Labute approximate surface area is 116 Å². The number of amides is 2. The van der Waals surface area contributed by atoms with E-state index in [2.05, 4.69) is 10.5 Å². The van der Waals surface area contributed by atoms with E-state index in [1.165, 1.54) is 4.90 Å². The molecule has 104 valence electrons. The smallest absolute Gasteiger partial charge is 0.322 e. The summed E-state index contributed by atoms with van der Waals surface area (Å²) in [6.45, 7) is 3.69. The second-order valence-electron chi connectivity index (χ2n) is 4.22. The molecule has 2 amide bonds. The van der Waals surface area contributed by atoms with Crippen molar-refractivity contribution in [2.45, 2.75) is 19.9 Å². The van der Waals surface area contributed by atoms with Gasteiger partial charge in [-0.25, -0.2) is 4.79 Å². The Morgan fingerprint density at radius 1 is 1.53 bits per heavy atom. The predicted octanol–water partition coefficient (Wildman–Crippen LogP) is 2.33. The van der Waals surface area contributed by atoms with Crippen LogP contribution < -0.4 is 11.1 Å². The summed E-state index contributed by atoms with van der Waals surface area (Å²) in [4.78, 5) is 13.6. The average Bonchev–Trinajstić information content (AvgIpc) is 2.37. The van der Waals surface area contributed by atoms with Gasteiger partial charge >= 0.3 is 6.03 Å². The van der Waals surface area contributed by atoms with E-state index in [0.29, 0.717) is 10.7 Å². The highest BCUT2D eigenvalue weighted by Gasteiger charge is 2.19. The number of rotatable bonds is 4. The predicted molar refractivity (Wildman–Crippen MR) is 75.7 cm³/mol. The van der Waals surface area contributed by atoms with Gasteiger partial charge in [0.05, 0.1) is 17.3 Å². The third kappa shape index (κ3) is 4.33. The maximum Gasteiger partial charge on any atom is 0.322 e. The molecule has 19 heavy (non-hydrogen) atoms. The molecule has 1 aromatic carbocycles. The van der Waals surface area contributed by atoms with E-state index in [-0.39, 0.29) is 24.5 Å². The molecule has 0 spiro atoms. The summed E-state index contributed by atoms with van der Waals surface area (Å²) in [5, 5.41) is 14.6. The number of carbonyl (C=O) groups is 1. The number of carbonyl (C=O) groups excluding carboxylic acids is 1. The zero-order valence-corrected chi connectivity index (χ0v) is 11.6. The number of amidine groups is 1. The minimum atomic E-state index is -0.366. The van der Waals surface area contributed by atoms with Crippen molar-refractivity contribution in [3.8, 4) is 0 Å². The van der Waals surface area contributed by atoms with Crippen LogP contribution in [0, 0.1) is 0 Å². The standard InChI is InChI=1S/C12H17ClN4O2/c1-8(2)17(7-11(14)16-19)12(18)15-10-6-4-3-5-9(10)13/h3-6,8,19H,7H2,1-2H3,(H2,14,16)(H,15,18). The number of anilines is 1. The van der Waals surface area contributed by atoms with Gasteiger partial charge in [0.2, 0.25) is 0 Å². The molecule has 4 N–H and O–H groups in total. The van der Waals surface area contributed by atoms with Crippen LogP contribution >= 0.6 is 11.6 Å². The number of para-hydroxylation sites is 1. The minimum absolute atomic E-state index is 0.0322. The van der Waals surface area contributed by atoms with E-state index in [9.17, 15) is 4.79 Å². The van der Waals surface area contributed by atoms with Crippen molar-refractivity contribution in [2.24, 2.45) is 10.9 Å². The number of hydrogen-bond donors (Lipinski definition) is 3. The van der Waals surface area contributed by atoms with E-state index in [0.717, 1.165) is 0 Å². The van der Waals surface area contributed by atoms with Gasteiger partial charge in [0.15, 0.2) is 5.84 Å². The van der Waals surface area contributed by atoms with Crippen LogP contribution in [0.4, 0.5) is 10.5 Å². The van der Waals surface area contributed by atoms with E-state index < -0.39 is 0 Å². The van der Waals surface area contributed by atoms with Gasteiger partial charge < -0.3 is 21.2 Å². The maximum absolute atomic E-state index is 12.1. The lowest BCUT2D eigenvalue weighted by atomic mass is 10.3. The van der Waals surface area contributed by atoms with E-state index in [1.54, 1.807) is 24.3 Å². The molecule has 0 aromatic heterocycles. The van der Waals surface area contributed by atoms with Crippen molar-refractivity contribution < 1.29 is 10.0 Å². The van der Waals surface area contributed by atoms with Crippen LogP contribution in [-0.4, -0.2) is 34.6 Å². The van der Waals surface area contributed by atoms with E-state index in [1.807, 2.05) is 13.8 Å². The van der Waals surface area contributed by atoms with Crippen LogP contribution in [0.25, 0.3) is 0 Å². The molecular formula is C12H17ClN4O2. The summed E-state index contributed by atoms with van der Waals surface area (Å²) < 4.78 is 0. The third-order valence-corrected chi connectivity index (χ3v) is 2.79. The largest absolute Gasteiger partial charge is 0.409 e. The van der Waals surface area contributed by atoms with Gasteiger partial charge in [-0.1, -0.05) is 28.9 Å². The normalized spacial score (nSPS) is 11.5. The molecule has 0 atom stereocenters. The fourth-order valence-electron chi connectivity index (χ4n) is 1.44. The highest BCUT2D eigenvalue weighted by atomic mass is 35.5. The zero-order chi connectivity index (χ0) is 14.4. The summed E-state index contributed by atoms with van der Waals surface area (Å²) in [5.74, 6) is -0.0389. The van der Waals surface area contributed by atoms with E-state index in [4.69, 9.17) is 22.5 Å². The SMILES string of the molecule is CC(C)N(CC(N)=NO)C(=O)Nc1ccccc1Cl. The number of nitrogens with one attached hydrogen (secondary N) is 1. The number of hydrogen-bond acceptors (Lipinski definition) is 3. The van der Waals surface area contributed by atoms with Crippen LogP contribution in [0.1, 0.15) is 13.8 Å². The molecule has 6 nitrogen and oxygen atoms in total. The number of benzene rings is 1. The Bertz CT molecular complexity index is 477. The van der Waals surface area contributed by atoms with Crippen LogP contribution in [-0.2, 0) is 0 Å². The first-order valence-electron chi connectivity index (χ1n) is 5.74. The van der Waals surface area contributed by atoms with Gasteiger partial charge in [-0.2, -0.15) is 0 Å². The number of halogens is 1. The molecular weight excluding hydrogens is 268 g/mol. The molecule has 0 saturated carbocycles. The van der Waals surface area contributed by atoms with Crippen molar-refractivity contribution in [2.75, 3.05) is 11.9 Å². The van der Waals surface area contributed by atoms with Crippen molar-refractivity contribution >= 4 is 29.2 Å². The van der Waals surface area contributed by atoms with Gasteiger partial charge in [-0.15, -0.1) is 0 Å². The molecule has 0 aliphatic heterocycles. The molecule has 0 heterocycles. The Morgan fingerprint density at radius 2 is 2.16 bits per heavy atom. The fraction of sp³-hybridized carbons (Fsp3) is 0.333. The summed E-state index contributed by atoms with van der Waals surface area (Å²) in [5.41, 5.74) is 5.94. The summed E-state index contributed by atoms with van der Waals surface area (Å²) in [6.07, 6.45) is 0. The summed E-state index contributed by atoms with van der Waals surface area (Å²) >= 11 is 5.96. The van der Waals surface area contributed by atoms with Gasteiger partial charge in [0.25, 0.3) is 0 Å². The number of oxime groups is 1. The van der Waals surface area contributed by atoms with Gasteiger partial charge in [-0.05, 0) is 26.0 Å². The highest BCUT2D eigenvalue weighted by Crippen LogP contribution is 2.21. The molecule has 0 fully saturated rings. The Balaban J connectivity index is 2.81. The molecule has 0 saturated heterocycles. The Hall–Kier alpha value is -1.95. The van der Waals surface area contributed by atoms with Crippen molar-refractivity contribution in [1.82, 2.24) is 4.90 Å². The van der Waals surface area contributed by atoms with Crippen molar-refractivity contribution in [3.05, 3.63) is 29.3 Å². The van der Waals surface area contributed by atoms with Crippen LogP contribution in [0.2, 0.25) is 5.02 Å². The topological polar surface area (TPSA) is 90.9 Å². The van der Waals surface area contributed by atoms with Gasteiger partial charge in [0, 0.05) is 6.04 Å². The first kappa shape index (κ1) is 15.1. The number of nitrogens with zero attached hydrogens (tertiary/aromatic N) is 2. The van der Waals surface area contributed by atoms with Crippen LogP contribution in [0.15, 0.2) is 29.4 Å². The van der Waals surface area contributed by atoms with Crippen molar-refractivity contribution in [3.63, 3.8) is 0 Å². The Kier molecular flexibility index (Phi) is 5.44. The molecule has 7 heteroatoms. The number of urea groups is 1. The molecule has 1 aromatic rings. The average molecular weight is 285 g/mol. The Morgan fingerprint density at radius 3 is 2.68 bits per heavy atom. The lowest BCUT2D eigenvalue weighted by Gasteiger charge is -2.26. The maximum atomic E-state index is 12.1. The lowest BCUT2D eigenvalue weighted by molar-refractivity contribution is 0.205. The highest BCUT2D eigenvalue weighted by molar-refractivity contribution is 6.33. The molecule has 0 unspecified atom stereocenters. The molecule has 1 rings (SSSR count). The number of nitrogens with two attached hydrogens (primary N) is 1. The zero-order valence-electron chi connectivity index (χ0n) is 10.8. The first-order chi connectivity index (χ1) is 8.95. The minimum Gasteiger partial charge on any atom is -0.409 e. The lowest BCUT2D eigenvalue weighted by Crippen LogP contribution is -2.45. The van der Waals surface area contributed by atoms with Gasteiger partial charge in [0.1, 0.15) is 0 Å². The molecule has 0 aliphatic rings. The summed E-state index contributed by atoms with van der Waals surface area (Å²) in [7, 11) is 0. The molecule has 0 bridgehead atoms. The second-order valence-corrected chi connectivity index (χ2v) is 4.63. The van der Waals surface area contributed by atoms with Crippen LogP contribution in [0.5, 0.6) is 0 Å². The van der Waals surface area contributed by atoms with Crippen LogP contribution in [0.3, 0.4) is 0 Å². The third-order valence-electron chi connectivity index (χ3n) is 2.46. The fourth-order valence-corrected chi connectivity index (χ4v) is 1.63. The second kappa shape index (κ2) is 6.84. The first-order valence-corrected chi connectivity index (χ1v) is 6.12. The monoisotopic (exact) mass is 284 g/mol.